The quantitative estimate of drug-likeness (QED) is 0.850. The van der Waals surface area contributed by atoms with Crippen LogP contribution in [-0.4, -0.2) is 60.7 Å². The minimum atomic E-state index is -4.41. The molecule has 0 aliphatic carbocycles. The zero-order chi connectivity index (χ0) is 16.3. The lowest BCUT2D eigenvalue weighted by atomic mass is 10.2. The van der Waals surface area contributed by atoms with Gasteiger partial charge in [-0.15, -0.1) is 12.4 Å². The Morgan fingerprint density at radius 3 is 2.48 bits per heavy atom. The first-order chi connectivity index (χ1) is 10.3. The molecule has 132 valence electrons. The van der Waals surface area contributed by atoms with E-state index in [1.165, 1.54) is 4.90 Å². The number of nitrogens with one attached hydrogen (secondary N) is 2. The molecule has 1 aliphatic heterocycles. The summed E-state index contributed by atoms with van der Waals surface area (Å²) < 4.78 is 44.7. The summed E-state index contributed by atoms with van der Waals surface area (Å²) in [6.07, 6.45) is -4.41. The molecule has 1 aromatic heterocycles. The van der Waals surface area contributed by atoms with E-state index in [9.17, 15) is 18.0 Å². The molecular weight excluding hydrogens is 337 g/mol. The largest absolute Gasteiger partial charge is 0.436 e. The third-order valence-corrected chi connectivity index (χ3v) is 3.54. The van der Waals surface area contributed by atoms with Gasteiger partial charge in [0.05, 0.1) is 5.69 Å². The second kappa shape index (κ2) is 7.98. The number of rotatable bonds is 4. The van der Waals surface area contributed by atoms with Crippen molar-refractivity contribution in [2.45, 2.75) is 26.1 Å². The molecule has 1 saturated heterocycles. The zero-order valence-electron chi connectivity index (χ0n) is 12.9. The summed E-state index contributed by atoms with van der Waals surface area (Å²) in [7, 11) is 0. The van der Waals surface area contributed by atoms with Crippen molar-refractivity contribution in [2.75, 3.05) is 32.7 Å². The van der Waals surface area contributed by atoms with Crippen LogP contribution in [0.1, 0.15) is 22.1 Å². The first-order valence-corrected chi connectivity index (χ1v) is 7.02. The van der Waals surface area contributed by atoms with E-state index in [0.29, 0.717) is 37.8 Å². The lowest BCUT2D eigenvalue weighted by Crippen LogP contribution is -2.57. The molecule has 1 atom stereocenters. The molecule has 0 spiro atoms. The van der Waals surface area contributed by atoms with E-state index in [1.54, 1.807) is 13.8 Å². The van der Waals surface area contributed by atoms with E-state index in [-0.39, 0.29) is 18.2 Å². The fourth-order valence-electron chi connectivity index (χ4n) is 2.46. The van der Waals surface area contributed by atoms with Crippen molar-refractivity contribution in [3.8, 4) is 0 Å². The highest BCUT2D eigenvalue weighted by atomic mass is 35.5. The van der Waals surface area contributed by atoms with Gasteiger partial charge >= 0.3 is 6.18 Å². The lowest BCUT2D eigenvalue weighted by Gasteiger charge is -2.35. The average molecular weight is 357 g/mol. The van der Waals surface area contributed by atoms with Gasteiger partial charge in [0.15, 0.2) is 5.89 Å². The van der Waals surface area contributed by atoms with Crippen LogP contribution < -0.4 is 10.6 Å². The number of carbonyl (C=O) groups is 1. The average Bonchev–Trinajstić information content (AvgIpc) is 2.77. The van der Waals surface area contributed by atoms with Crippen LogP contribution in [0.2, 0.25) is 0 Å². The van der Waals surface area contributed by atoms with Crippen LogP contribution >= 0.6 is 12.4 Å². The van der Waals surface area contributed by atoms with Gasteiger partial charge in [0, 0.05) is 39.6 Å². The van der Waals surface area contributed by atoms with Crippen LogP contribution in [0.5, 0.6) is 0 Å². The maximum Gasteiger partial charge on any atom is 0.405 e. The topological polar surface area (TPSA) is 70.4 Å². The fraction of sp³-hybridized carbons (Fsp3) is 0.692. The van der Waals surface area contributed by atoms with E-state index >= 15 is 0 Å². The number of hydrogen-bond acceptors (Lipinski definition) is 5. The Morgan fingerprint density at radius 1 is 1.39 bits per heavy atom. The summed E-state index contributed by atoms with van der Waals surface area (Å²) in [4.78, 5) is 17.2. The maximum absolute atomic E-state index is 13.2. The number of aromatic nitrogens is 1. The van der Waals surface area contributed by atoms with Crippen LogP contribution in [0.3, 0.4) is 0 Å². The molecule has 1 amide bonds. The van der Waals surface area contributed by atoms with Crippen LogP contribution in [0, 0.1) is 13.8 Å². The normalized spacial score (nSPS) is 17.4. The van der Waals surface area contributed by atoms with E-state index in [1.807, 2.05) is 0 Å². The fourth-order valence-corrected chi connectivity index (χ4v) is 2.46. The summed E-state index contributed by atoms with van der Waals surface area (Å²) in [6.45, 7) is 4.22. The Kier molecular flexibility index (Phi) is 6.84. The number of hydrogen-bond donors (Lipinski definition) is 2. The molecule has 10 heteroatoms. The molecule has 1 aromatic rings. The van der Waals surface area contributed by atoms with Crippen LogP contribution in [0.4, 0.5) is 13.2 Å². The first-order valence-electron chi connectivity index (χ1n) is 7.02. The van der Waals surface area contributed by atoms with Crippen LogP contribution in [-0.2, 0) is 0 Å². The van der Waals surface area contributed by atoms with Crippen molar-refractivity contribution in [3.63, 3.8) is 0 Å². The van der Waals surface area contributed by atoms with Gasteiger partial charge in [-0.1, -0.05) is 0 Å². The van der Waals surface area contributed by atoms with Crippen molar-refractivity contribution in [3.05, 3.63) is 17.3 Å². The summed E-state index contributed by atoms with van der Waals surface area (Å²) in [5.41, 5.74) is 0.362. The molecule has 1 aliphatic rings. The molecule has 1 unspecified atom stereocenters. The molecule has 0 radical (unpaired) electrons. The van der Waals surface area contributed by atoms with Gasteiger partial charge in [-0.25, -0.2) is 4.98 Å². The van der Waals surface area contributed by atoms with Gasteiger partial charge in [0.2, 0.25) is 5.76 Å². The van der Waals surface area contributed by atoms with Crippen molar-refractivity contribution in [1.29, 1.82) is 0 Å². The molecule has 0 aromatic carbocycles. The number of aryl methyl sites for hydroxylation is 2. The van der Waals surface area contributed by atoms with Gasteiger partial charge in [0.1, 0.15) is 6.04 Å². The van der Waals surface area contributed by atoms with Gasteiger partial charge < -0.3 is 15.1 Å². The number of carbonyl (C=O) groups excluding carboxylic acids is 1. The lowest BCUT2D eigenvalue weighted by molar-refractivity contribution is -0.183. The Balaban J connectivity index is 0.00000264. The number of halogens is 4. The van der Waals surface area contributed by atoms with Crippen LogP contribution in [0.15, 0.2) is 4.42 Å². The number of piperazine rings is 1. The van der Waals surface area contributed by atoms with Crippen molar-refractivity contribution in [2.24, 2.45) is 0 Å². The van der Waals surface area contributed by atoms with Gasteiger partial charge in [-0.2, -0.15) is 13.2 Å². The second-order valence-electron chi connectivity index (χ2n) is 5.20. The molecule has 23 heavy (non-hydrogen) atoms. The van der Waals surface area contributed by atoms with E-state index in [0.717, 1.165) is 0 Å². The highest BCUT2D eigenvalue weighted by Gasteiger charge is 2.44. The van der Waals surface area contributed by atoms with E-state index in [4.69, 9.17) is 4.42 Å². The smallest absolute Gasteiger partial charge is 0.405 e. The third-order valence-electron chi connectivity index (χ3n) is 3.54. The van der Waals surface area contributed by atoms with Gasteiger partial charge in [-0.3, -0.25) is 9.69 Å². The molecule has 2 rings (SSSR count). The highest BCUT2D eigenvalue weighted by molar-refractivity contribution is 5.92. The Hall–Kier alpha value is -1.32. The molecule has 0 bridgehead atoms. The molecule has 2 N–H and O–H groups in total. The maximum atomic E-state index is 13.2. The first kappa shape index (κ1) is 19.7. The molecule has 0 saturated carbocycles. The predicted octanol–water partition coefficient (Wildman–Crippen LogP) is 1.28. The van der Waals surface area contributed by atoms with E-state index < -0.39 is 24.7 Å². The minimum Gasteiger partial charge on any atom is -0.436 e. The molecule has 6 nitrogen and oxygen atoms in total. The SMILES string of the molecule is Cc1nc(C)c(C(=O)NCC(N2CCNCC2)C(F)(F)F)o1.Cl. The Morgan fingerprint density at radius 2 is 2.00 bits per heavy atom. The summed E-state index contributed by atoms with van der Waals surface area (Å²) >= 11 is 0. The summed E-state index contributed by atoms with van der Waals surface area (Å²) in [5.74, 6) is -0.418. The highest BCUT2D eigenvalue weighted by Crippen LogP contribution is 2.25. The third kappa shape index (κ3) is 5.08. The summed E-state index contributed by atoms with van der Waals surface area (Å²) in [6, 6.07) is -1.71. The number of alkyl halides is 3. The monoisotopic (exact) mass is 356 g/mol. The van der Waals surface area contributed by atoms with Crippen LogP contribution in [0.25, 0.3) is 0 Å². The molecule has 2 heterocycles. The van der Waals surface area contributed by atoms with Crippen molar-refractivity contribution < 1.29 is 22.4 Å². The number of amides is 1. The minimum absolute atomic E-state index is 0. The summed E-state index contributed by atoms with van der Waals surface area (Å²) in [5, 5.41) is 5.30. The van der Waals surface area contributed by atoms with Gasteiger partial charge in [-0.05, 0) is 6.92 Å². The van der Waals surface area contributed by atoms with Crippen molar-refractivity contribution >= 4 is 18.3 Å². The Labute approximate surface area is 138 Å². The van der Waals surface area contributed by atoms with Crippen molar-refractivity contribution in [1.82, 2.24) is 20.5 Å². The number of oxazole rings is 1. The predicted molar refractivity (Wildman–Crippen MR) is 79.8 cm³/mol. The van der Waals surface area contributed by atoms with E-state index in [2.05, 4.69) is 15.6 Å². The molecular formula is C13H20ClF3N4O2. The molecule has 1 fully saturated rings. The zero-order valence-corrected chi connectivity index (χ0v) is 13.7. The Bertz CT molecular complexity index is 530. The second-order valence-corrected chi connectivity index (χ2v) is 5.20. The number of nitrogens with zero attached hydrogens (tertiary/aromatic N) is 2. The standard InChI is InChI=1S/C13H19F3N4O2.ClH/c1-8-11(22-9(2)19-8)12(21)18-7-10(13(14,15)16)20-5-3-17-4-6-20;/h10,17H,3-7H2,1-2H3,(H,18,21);1H. The van der Waals surface area contributed by atoms with Gasteiger partial charge in [0.25, 0.3) is 5.91 Å².